The Morgan fingerprint density at radius 3 is 2.81 bits per heavy atom. The lowest BCUT2D eigenvalue weighted by molar-refractivity contribution is 0.211. The molecule has 0 fully saturated rings. The van der Waals surface area contributed by atoms with E-state index in [0.29, 0.717) is 17.9 Å². The summed E-state index contributed by atoms with van der Waals surface area (Å²) >= 11 is 0. The summed E-state index contributed by atoms with van der Waals surface area (Å²) in [5.41, 5.74) is 2.72. The molecule has 1 aromatic rings. The molecule has 0 saturated heterocycles. The van der Waals surface area contributed by atoms with Crippen LogP contribution in [0.5, 0.6) is 0 Å². The van der Waals surface area contributed by atoms with Crippen molar-refractivity contribution in [2.24, 2.45) is 11.3 Å². The van der Waals surface area contributed by atoms with E-state index in [-0.39, 0.29) is 6.61 Å². The van der Waals surface area contributed by atoms with Crippen LogP contribution in [0, 0.1) is 11.3 Å². The van der Waals surface area contributed by atoms with E-state index in [1.165, 1.54) is 12.1 Å². The summed E-state index contributed by atoms with van der Waals surface area (Å²) in [4.78, 5) is 0. The largest absolute Gasteiger partial charge is 0.394 e. The first kappa shape index (κ1) is 11.6. The highest BCUT2D eigenvalue weighted by Crippen LogP contribution is 2.36. The van der Waals surface area contributed by atoms with E-state index in [9.17, 15) is 0 Å². The fourth-order valence-electron chi connectivity index (χ4n) is 2.46. The van der Waals surface area contributed by atoms with Gasteiger partial charge in [0.15, 0.2) is 0 Å². The lowest BCUT2D eigenvalue weighted by Crippen LogP contribution is -2.27. The molecule has 1 aliphatic rings. The minimum Gasteiger partial charge on any atom is -0.394 e. The third-order valence-electron chi connectivity index (χ3n) is 3.62. The summed E-state index contributed by atoms with van der Waals surface area (Å²) < 4.78 is 1.86. The van der Waals surface area contributed by atoms with Crippen LogP contribution in [0.15, 0.2) is 0 Å². The Balaban J connectivity index is 2.17. The highest BCUT2D eigenvalue weighted by molar-refractivity contribution is 5.15. The minimum atomic E-state index is 0.137. The van der Waals surface area contributed by atoms with Gasteiger partial charge in [0.05, 0.1) is 24.5 Å². The Morgan fingerprint density at radius 1 is 1.44 bits per heavy atom. The van der Waals surface area contributed by atoms with Crippen LogP contribution in [0.2, 0.25) is 0 Å². The summed E-state index contributed by atoms with van der Waals surface area (Å²) in [5.74, 6) is 0.694. The first-order chi connectivity index (χ1) is 7.52. The molecule has 1 N–H and O–H groups in total. The smallest absolute Gasteiger partial charge is 0.0862 e. The molecule has 1 aromatic heterocycles. The molecule has 4 nitrogen and oxygen atoms in total. The van der Waals surface area contributed by atoms with E-state index < -0.39 is 0 Å². The van der Waals surface area contributed by atoms with Gasteiger partial charge in [-0.15, -0.1) is 5.10 Å². The molecule has 1 atom stereocenters. The van der Waals surface area contributed by atoms with Crippen molar-refractivity contribution in [3.8, 4) is 0 Å². The van der Waals surface area contributed by atoms with Crippen LogP contribution in [0.25, 0.3) is 0 Å². The average molecular weight is 223 g/mol. The predicted molar refractivity (Wildman–Crippen MR) is 62.1 cm³/mol. The maximum absolute atomic E-state index is 8.93. The van der Waals surface area contributed by atoms with Gasteiger partial charge in [0, 0.05) is 0 Å². The predicted octanol–water partition coefficient (Wildman–Crippen LogP) is 1.42. The Hall–Kier alpha value is -0.900. The molecule has 0 bridgehead atoms. The lowest BCUT2D eigenvalue weighted by atomic mass is 9.73. The van der Waals surface area contributed by atoms with Crippen molar-refractivity contribution in [1.82, 2.24) is 15.0 Å². The number of aromatic nitrogens is 3. The van der Waals surface area contributed by atoms with Gasteiger partial charge in [-0.1, -0.05) is 26.0 Å². The fraction of sp³-hybridized carbons (Fsp3) is 0.833. The second kappa shape index (κ2) is 4.17. The number of aliphatic hydroxyl groups is 1. The number of hydrogen-bond acceptors (Lipinski definition) is 3. The fourth-order valence-corrected chi connectivity index (χ4v) is 2.46. The second-order valence-corrected chi connectivity index (χ2v) is 5.74. The Morgan fingerprint density at radius 2 is 2.19 bits per heavy atom. The normalized spacial score (nSPS) is 20.9. The summed E-state index contributed by atoms with van der Waals surface area (Å²) in [6.07, 6.45) is 3.28. The molecule has 0 spiro atoms. The molecule has 0 radical (unpaired) electrons. The molecule has 1 unspecified atom stereocenters. The van der Waals surface area contributed by atoms with Crippen molar-refractivity contribution in [2.45, 2.75) is 46.6 Å². The average Bonchev–Trinajstić information content (AvgIpc) is 2.60. The highest BCUT2D eigenvalue weighted by atomic mass is 16.3. The zero-order valence-electron chi connectivity index (χ0n) is 10.4. The zero-order chi connectivity index (χ0) is 11.8. The first-order valence-corrected chi connectivity index (χ1v) is 6.04. The van der Waals surface area contributed by atoms with Crippen LogP contribution in [0.4, 0.5) is 0 Å². The zero-order valence-corrected chi connectivity index (χ0v) is 10.4. The van der Waals surface area contributed by atoms with Crippen LogP contribution in [0.3, 0.4) is 0 Å². The van der Waals surface area contributed by atoms with Crippen LogP contribution in [-0.4, -0.2) is 26.7 Å². The Bertz CT molecular complexity index is 365. The minimum absolute atomic E-state index is 0.137. The van der Waals surface area contributed by atoms with Gasteiger partial charge >= 0.3 is 0 Å². The molecule has 0 aliphatic heterocycles. The van der Waals surface area contributed by atoms with Gasteiger partial charge in [0.1, 0.15) is 0 Å². The highest BCUT2D eigenvalue weighted by Gasteiger charge is 2.31. The molecule has 16 heavy (non-hydrogen) atoms. The molecule has 0 saturated carbocycles. The van der Waals surface area contributed by atoms with Gasteiger partial charge in [-0.3, -0.25) is 0 Å². The third-order valence-corrected chi connectivity index (χ3v) is 3.62. The first-order valence-electron chi connectivity index (χ1n) is 6.04. The van der Waals surface area contributed by atoms with Crippen molar-refractivity contribution >= 4 is 0 Å². The summed E-state index contributed by atoms with van der Waals surface area (Å²) in [6.45, 7) is 7.59. The number of hydrogen-bond donors (Lipinski definition) is 1. The van der Waals surface area contributed by atoms with Gasteiger partial charge in [-0.2, -0.15) is 0 Å². The molecular formula is C12H21N3O. The summed E-state index contributed by atoms with van der Waals surface area (Å²) in [5, 5.41) is 17.3. The van der Waals surface area contributed by atoms with Gasteiger partial charge in [-0.25, -0.2) is 4.68 Å². The topological polar surface area (TPSA) is 50.9 Å². The maximum atomic E-state index is 8.93. The molecule has 0 aromatic carbocycles. The van der Waals surface area contributed by atoms with Crippen LogP contribution >= 0.6 is 0 Å². The van der Waals surface area contributed by atoms with E-state index in [1.807, 2.05) is 4.68 Å². The van der Waals surface area contributed by atoms with Gasteiger partial charge in [0.2, 0.25) is 0 Å². The molecule has 0 amide bonds. The van der Waals surface area contributed by atoms with E-state index in [2.05, 4.69) is 31.1 Å². The maximum Gasteiger partial charge on any atom is 0.0862 e. The number of aliphatic hydroxyl groups excluding tert-OH is 1. The molecular weight excluding hydrogens is 202 g/mol. The molecule has 1 aliphatic carbocycles. The van der Waals surface area contributed by atoms with Gasteiger partial charge in [-0.05, 0) is 30.6 Å². The van der Waals surface area contributed by atoms with Crippen LogP contribution in [0.1, 0.15) is 38.6 Å². The SMILES string of the molecule is CC(C)(C)C1CCc2c(nnn2CCO)C1. The van der Waals surface area contributed by atoms with E-state index in [1.54, 1.807) is 0 Å². The van der Waals surface area contributed by atoms with E-state index in [4.69, 9.17) is 5.11 Å². The standard InChI is InChI=1S/C12H21N3O/c1-12(2,3)9-4-5-11-10(8-9)13-14-15(11)6-7-16/h9,16H,4-8H2,1-3H3. The summed E-state index contributed by atoms with van der Waals surface area (Å²) in [7, 11) is 0. The number of rotatable bonds is 2. The summed E-state index contributed by atoms with van der Waals surface area (Å²) in [6, 6.07) is 0. The Kier molecular flexibility index (Phi) is 3.02. The van der Waals surface area contributed by atoms with Gasteiger partial charge in [0.25, 0.3) is 0 Å². The van der Waals surface area contributed by atoms with Crippen molar-refractivity contribution in [2.75, 3.05) is 6.61 Å². The number of nitrogens with zero attached hydrogens (tertiary/aromatic N) is 3. The van der Waals surface area contributed by atoms with Crippen molar-refractivity contribution in [3.05, 3.63) is 11.4 Å². The van der Waals surface area contributed by atoms with Crippen LogP contribution < -0.4 is 0 Å². The molecule has 2 rings (SSSR count). The van der Waals surface area contributed by atoms with Gasteiger partial charge < -0.3 is 5.11 Å². The van der Waals surface area contributed by atoms with Crippen LogP contribution in [-0.2, 0) is 19.4 Å². The monoisotopic (exact) mass is 223 g/mol. The third kappa shape index (κ3) is 2.12. The second-order valence-electron chi connectivity index (χ2n) is 5.74. The number of fused-ring (bicyclic) bond motifs is 1. The molecule has 4 heteroatoms. The quantitative estimate of drug-likeness (QED) is 0.825. The van der Waals surface area contributed by atoms with Crippen molar-refractivity contribution in [1.29, 1.82) is 0 Å². The Labute approximate surface area is 96.7 Å². The van der Waals surface area contributed by atoms with E-state index >= 15 is 0 Å². The van der Waals surface area contributed by atoms with Crippen molar-refractivity contribution < 1.29 is 5.11 Å². The van der Waals surface area contributed by atoms with Crippen molar-refractivity contribution in [3.63, 3.8) is 0 Å². The lowest BCUT2D eigenvalue weighted by Gasteiger charge is -2.33. The molecule has 90 valence electrons. The van der Waals surface area contributed by atoms with E-state index in [0.717, 1.165) is 18.5 Å². The molecule has 1 heterocycles.